The largest absolute Gasteiger partial charge is 0.492 e. The number of hydrogen-bond donors (Lipinski definition) is 0. The second-order valence-corrected chi connectivity index (χ2v) is 10.8. The van der Waals surface area contributed by atoms with Crippen molar-refractivity contribution in [2.45, 2.75) is 92.7 Å². The molecule has 0 atom stereocenters. The van der Waals surface area contributed by atoms with Crippen LogP contribution in [0.5, 0.6) is 5.75 Å². The van der Waals surface area contributed by atoms with E-state index in [1.807, 2.05) is 0 Å². The van der Waals surface area contributed by atoms with Gasteiger partial charge in [-0.05, 0) is 55.3 Å². The van der Waals surface area contributed by atoms with Crippen LogP contribution in [0.4, 0.5) is 13.2 Å². The van der Waals surface area contributed by atoms with Crippen molar-refractivity contribution < 1.29 is 17.9 Å². The fraction of sp³-hybridized carbons (Fsp3) is 0.778. The molecule has 0 amide bonds. The zero-order chi connectivity index (χ0) is 24.2. The van der Waals surface area contributed by atoms with Crippen LogP contribution in [0.2, 0.25) is 0 Å². The molecular formula is C27H46F3NO. The number of nitrogens with zero attached hydrogens (tertiary/aromatic N) is 1. The predicted octanol–water partition coefficient (Wildman–Crippen LogP) is 8.46. The lowest BCUT2D eigenvalue weighted by atomic mass is 9.83. The van der Waals surface area contributed by atoms with Crippen LogP contribution in [0.1, 0.15) is 92.1 Å². The summed E-state index contributed by atoms with van der Waals surface area (Å²) in [5.74, 6) is 1.79. The van der Waals surface area contributed by atoms with Gasteiger partial charge in [0.15, 0.2) is 0 Å². The summed E-state index contributed by atoms with van der Waals surface area (Å²) < 4.78 is 43.8. The molecule has 2 aliphatic rings. The van der Waals surface area contributed by atoms with Crippen LogP contribution in [0, 0.1) is 17.3 Å². The summed E-state index contributed by atoms with van der Waals surface area (Å²) in [5.41, 5.74) is -0.329. The number of rotatable bonds is 4. The third-order valence-corrected chi connectivity index (χ3v) is 5.96. The van der Waals surface area contributed by atoms with Gasteiger partial charge in [-0.15, -0.1) is 0 Å². The fourth-order valence-electron chi connectivity index (χ4n) is 3.80. The second-order valence-electron chi connectivity index (χ2n) is 10.8. The number of ether oxygens (including phenoxy) is 1. The van der Waals surface area contributed by atoms with Crippen LogP contribution in [0.15, 0.2) is 24.3 Å². The summed E-state index contributed by atoms with van der Waals surface area (Å²) in [5, 5.41) is 0. The molecule has 1 saturated carbocycles. The van der Waals surface area contributed by atoms with Crippen molar-refractivity contribution in [1.29, 1.82) is 0 Å². The molecule has 1 aliphatic carbocycles. The van der Waals surface area contributed by atoms with Gasteiger partial charge in [-0.3, -0.25) is 4.90 Å². The van der Waals surface area contributed by atoms with E-state index in [1.165, 1.54) is 44.2 Å². The maximum Gasteiger partial charge on any atom is 0.419 e. The molecule has 0 N–H and O–H groups in total. The van der Waals surface area contributed by atoms with E-state index < -0.39 is 11.7 Å². The number of alkyl halides is 3. The Kier molecular flexibility index (Phi) is 12.7. The highest BCUT2D eigenvalue weighted by Crippen LogP contribution is 2.36. The lowest BCUT2D eigenvalue weighted by Gasteiger charge is -2.36. The summed E-state index contributed by atoms with van der Waals surface area (Å²) >= 11 is 0. The predicted molar refractivity (Wildman–Crippen MR) is 129 cm³/mol. The Bertz CT molecular complexity index is 609. The van der Waals surface area contributed by atoms with Crippen molar-refractivity contribution >= 4 is 0 Å². The molecule has 1 saturated heterocycles. The number of piperidine rings is 1. The highest BCUT2D eigenvalue weighted by atomic mass is 19.4. The molecule has 3 rings (SSSR count). The van der Waals surface area contributed by atoms with Gasteiger partial charge in [0, 0.05) is 6.54 Å². The van der Waals surface area contributed by atoms with E-state index in [-0.39, 0.29) is 12.4 Å². The molecule has 2 nitrogen and oxygen atoms in total. The summed E-state index contributed by atoms with van der Waals surface area (Å²) in [7, 11) is 0. The Morgan fingerprint density at radius 1 is 1.00 bits per heavy atom. The van der Waals surface area contributed by atoms with Gasteiger partial charge in [-0.1, -0.05) is 85.8 Å². The molecular weight excluding hydrogens is 411 g/mol. The molecule has 0 bridgehead atoms. The van der Waals surface area contributed by atoms with Gasteiger partial charge in [0.2, 0.25) is 0 Å². The standard InChI is InChI=1S/C16H22F3NO.C7H14.C4H10/c1-15(2)7-9-20(10-8-15)11-12-21-14-6-4-3-5-13(14)16(17,18)19;1-7-5-3-2-4-6-7;1-4(2)3/h3-6H,7-12H2,1-2H3;7H,2-6H2,1H3;4H,1-3H3. The smallest absolute Gasteiger partial charge is 0.419 e. The summed E-state index contributed by atoms with van der Waals surface area (Å²) in [6.07, 6.45) is 5.30. The summed E-state index contributed by atoms with van der Waals surface area (Å²) in [4.78, 5) is 2.25. The highest BCUT2D eigenvalue weighted by Gasteiger charge is 2.34. The molecule has 1 heterocycles. The Balaban J connectivity index is 0.000000382. The molecule has 1 aromatic carbocycles. The third kappa shape index (κ3) is 12.7. The topological polar surface area (TPSA) is 12.5 Å². The van der Waals surface area contributed by atoms with E-state index in [4.69, 9.17) is 4.74 Å². The molecule has 5 heteroatoms. The highest BCUT2D eigenvalue weighted by molar-refractivity contribution is 5.35. The minimum Gasteiger partial charge on any atom is -0.492 e. The molecule has 186 valence electrons. The van der Waals surface area contributed by atoms with E-state index in [2.05, 4.69) is 46.4 Å². The van der Waals surface area contributed by atoms with Gasteiger partial charge in [-0.25, -0.2) is 0 Å². The molecule has 0 aromatic heterocycles. The number of hydrogen-bond acceptors (Lipinski definition) is 2. The SMILES string of the molecule is CC(C)C.CC1(C)CCN(CCOc2ccccc2C(F)(F)F)CC1.CC1CCCCC1. The second kappa shape index (κ2) is 14.1. The molecule has 0 radical (unpaired) electrons. The number of likely N-dealkylation sites (tertiary alicyclic amines) is 1. The zero-order valence-electron chi connectivity index (χ0n) is 21.2. The molecule has 1 aliphatic heterocycles. The Morgan fingerprint density at radius 2 is 1.53 bits per heavy atom. The number of benzene rings is 1. The minimum atomic E-state index is -4.37. The lowest BCUT2D eigenvalue weighted by Crippen LogP contribution is -2.39. The average Bonchev–Trinajstić information content (AvgIpc) is 2.70. The molecule has 0 unspecified atom stereocenters. The first-order chi connectivity index (χ1) is 14.9. The third-order valence-electron chi connectivity index (χ3n) is 5.96. The van der Waals surface area contributed by atoms with Crippen LogP contribution in [-0.4, -0.2) is 31.1 Å². The van der Waals surface area contributed by atoms with E-state index in [0.717, 1.165) is 43.8 Å². The average molecular weight is 458 g/mol. The molecule has 32 heavy (non-hydrogen) atoms. The van der Waals surface area contributed by atoms with Crippen LogP contribution in [-0.2, 0) is 6.18 Å². The van der Waals surface area contributed by atoms with Gasteiger partial charge >= 0.3 is 6.18 Å². The van der Waals surface area contributed by atoms with Crippen LogP contribution < -0.4 is 4.74 Å². The van der Waals surface area contributed by atoms with Gasteiger partial charge in [0.25, 0.3) is 0 Å². The van der Waals surface area contributed by atoms with E-state index in [1.54, 1.807) is 6.07 Å². The molecule has 1 aromatic rings. The monoisotopic (exact) mass is 457 g/mol. The van der Waals surface area contributed by atoms with Crippen molar-refractivity contribution in [1.82, 2.24) is 4.90 Å². The first-order valence-corrected chi connectivity index (χ1v) is 12.4. The van der Waals surface area contributed by atoms with E-state index >= 15 is 0 Å². The summed E-state index contributed by atoms with van der Waals surface area (Å²) in [6.45, 7) is 16.3. The fourth-order valence-corrected chi connectivity index (χ4v) is 3.80. The van der Waals surface area contributed by atoms with Crippen LogP contribution in [0.3, 0.4) is 0 Å². The quantitative estimate of drug-likeness (QED) is 0.450. The Labute approximate surface area is 194 Å². The van der Waals surface area contributed by atoms with Crippen molar-refractivity contribution in [3.63, 3.8) is 0 Å². The molecule has 2 fully saturated rings. The van der Waals surface area contributed by atoms with Gasteiger partial charge in [-0.2, -0.15) is 13.2 Å². The first kappa shape index (κ1) is 28.8. The van der Waals surface area contributed by atoms with Gasteiger partial charge in [0.1, 0.15) is 12.4 Å². The first-order valence-electron chi connectivity index (χ1n) is 12.4. The van der Waals surface area contributed by atoms with Crippen LogP contribution in [0.25, 0.3) is 0 Å². The zero-order valence-corrected chi connectivity index (χ0v) is 21.2. The maximum absolute atomic E-state index is 12.8. The van der Waals surface area contributed by atoms with Crippen molar-refractivity contribution in [2.75, 3.05) is 26.2 Å². The maximum atomic E-state index is 12.8. The number of halogens is 3. The normalized spacial score (nSPS) is 19.4. The van der Waals surface area contributed by atoms with Crippen LogP contribution >= 0.6 is 0 Å². The van der Waals surface area contributed by atoms with E-state index in [9.17, 15) is 13.2 Å². The van der Waals surface area contributed by atoms with Gasteiger partial charge in [0.05, 0.1) is 5.56 Å². The van der Waals surface area contributed by atoms with Crippen molar-refractivity contribution in [3.8, 4) is 5.75 Å². The molecule has 0 spiro atoms. The Morgan fingerprint density at radius 3 is 2.00 bits per heavy atom. The van der Waals surface area contributed by atoms with E-state index in [0.29, 0.717) is 12.0 Å². The Hall–Kier alpha value is -1.23. The van der Waals surface area contributed by atoms with Crippen molar-refractivity contribution in [2.24, 2.45) is 17.3 Å². The minimum absolute atomic E-state index is 0.0812. The number of para-hydroxylation sites is 1. The lowest BCUT2D eigenvalue weighted by molar-refractivity contribution is -0.139. The van der Waals surface area contributed by atoms with Crippen molar-refractivity contribution in [3.05, 3.63) is 29.8 Å². The van der Waals surface area contributed by atoms with Gasteiger partial charge < -0.3 is 4.74 Å². The summed E-state index contributed by atoms with van der Waals surface area (Å²) in [6, 6.07) is 5.37.